The summed E-state index contributed by atoms with van der Waals surface area (Å²) in [5.41, 5.74) is 1.20. The van der Waals surface area contributed by atoms with Crippen molar-refractivity contribution in [2.45, 2.75) is 0 Å². The first-order valence-corrected chi connectivity index (χ1v) is 8.35. The number of amides is 1. The maximum Gasteiger partial charge on any atom is 0.353 e. The molecule has 0 saturated carbocycles. The minimum Gasteiger partial charge on any atom is -0.506 e. The van der Waals surface area contributed by atoms with Crippen LogP contribution in [0, 0.1) is 0 Å². The maximum atomic E-state index is 12.5. The highest BCUT2D eigenvalue weighted by molar-refractivity contribution is 6.08. The minimum absolute atomic E-state index is 0.216. The van der Waals surface area contributed by atoms with Crippen LogP contribution in [-0.2, 0) is 0 Å². The zero-order valence-corrected chi connectivity index (χ0v) is 14.2. The van der Waals surface area contributed by atoms with Gasteiger partial charge in [0.2, 0.25) is 0 Å². The summed E-state index contributed by atoms with van der Waals surface area (Å²) in [5.74, 6) is -1.12. The Morgan fingerprint density at radius 1 is 0.852 bits per heavy atom. The van der Waals surface area contributed by atoms with E-state index in [1.165, 1.54) is 0 Å². The van der Waals surface area contributed by atoms with Gasteiger partial charge in [0.25, 0.3) is 5.91 Å². The first kappa shape index (κ1) is 16.6. The Hall–Kier alpha value is -3.86. The molecule has 0 atom stereocenters. The first-order valence-electron chi connectivity index (χ1n) is 8.35. The number of benzene rings is 3. The molecule has 5 heteroatoms. The third kappa shape index (κ3) is 3.18. The number of nitrogens with one attached hydrogen (secondary N) is 1. The van der Waals surface area contributed by atoms with Crippen molar-refractivity contribution in [3.8, 4) is 16.9 Å². The van der Waals surface area contributed by atoms with E-state index in [-0.39, 0.29) is 5.58 Å². The minimum atomic E-state index is -0.888. The number of anilines is 1. The van der Waals surface area contributed by atoms with Crippen molar-refractivity contribution in [1.82, 2.24) is 0 Å². The number of hydrogen-bond donors (Lipinski definition) is 2. The van der Waals surface area contributed by atoms with E-state index >= 15 is 0 Å². The van der Waals surface area contributed by atoms with Crippen molar-refractivity contribution in [3.05, 3.63) is 94.8 Å². The van der Waals surface area contributed by atoms with Gasteiger partial charge >= 0.3 is 5.63 Å². The SMILES string of the molecule is O=C(Nc1ccccc1)c1c(O)c2cc(-c3ccccc3)ccc2oc1=O. The lowest BCUT2D eigenvalue weighted by molar-refractivity contribution is 0.102. The van der Waals surface area contributed by atoms with Crippen LogP contribution in [-0.4, -0.2) is 11.0 Å². The molecule has 0 aliphatic rings. The van der Waals surface area contributed by atoms with Gasteiger partial charge in [-0.25, -0.2) is 4.79 Å². The van der Waals surface area contributed by atoms with E-state index in [0.29, 0.717) is 11.1 Å². The number of carbonyl (C=O) groups excluding carboxylic acids is 1. The summed E-state index contributed by atoms with van der Waals surface area (Å²) in [6.07, 6.45) is 0. The molecule has 132 valence electrons. The van der Waals surface area contributed by atoms with Crippen LogP contribution < -0.4 is 10.9 Å². The van der Waals surface area contributed by atoms with Crippen molar-refractivity contribution in [2.75, 3.05) is 5.32 Å². The second-order valence-corrected chi connectivity index (χ2v) is 6.01. The molecule has 1 heterocycles. The number of carbonyl (C=O) groups is 1. The summed E-state index contributed by atoms with van der Waals surface area (Å²) in [6, 6.07) is 23.4. The normalized spacial score (nSPS) is 10.7. The topological polar surface area (TPSA) is 79.5 Å². The molecule has 4 rings (SSSR count). The molecule has 0 spiro atoms. The van der Waals surface area contributed by atoms with E-state index in [2.05, 4.69) is 5.32 Å². The number of hydrogen-bond acceptors (Lipinski definition) is 4. The van der Waals surface area contributed by atoms with Crippen LogP contribution in [0.1, 0.15) is 10.4 Å². The average Bonchev–Trinajstić information content (AvgIpc) is 2.69. The molecule has 2 N–H and O–H groups in total. The lowest BCUT2D eigenvalue weighted by Crippen LogP contribution is -2.21. The predicted octanol–water partition coefficient (Wildman–Crippen LogP) is 4.42. The largest absolute Gasteiger partial charge is 0.506 e. The molecule has 0 unspecified atom stereocenters. The second kappa shape index (κ2) is 6.80. The molecule has 5 nitrogen and oxygen atoms in total. The van der Waals surface area contributed by atoms with Crippen molar-refractivity contribution >= 4 is 22.6 Å². The molecule has 4 aromatic rings. The fourth-order valence-electron chi connectivity index (χ4n) is 2.91. The quantitative estimate of drug-likeness (QED) is 0.532. The lowest BCUT2D eigenvalue weighted by Gasteiger charge is -2.09. The third-order valence-corrected chi connectivity index (χ3v) is 4.24. The summed E-state index contributed by atoms with van der Waals surface area (Å²) < 4.78 is 5.25. The predicted molar refractivity (Wildman–Crippen MR) is 104 cm³/mol. The Morgan fingerprint density at radius 3 is 2.22 bits per heavy atom. The molecule has 0 aliphatic carbocycles. The van der Waals surface area contributed by atoms with Gasteiger partial charge in [-0.2, -0.15) is 0 Å². The van der Waals surface area contributed by atoms with Crippen molar-refractivity contribution in [3.63, 3.8) is 0 Å². The highest BCUT2D eigenvalue weighted by atomic mass is 16.4. The smallest absolute Gasteiger partial charge is 0.353 e. The Kier molecular flexibility index (Phi) is 4.18. The molecular formula is C22H15NO4. The third-order valence-electron chi connectivity index (χ3n) is 4.24. The van der Waals surface area contributed by atoms with E-state index in [1.807, 2.05) is 36.4 Å². The van der Waals surface area contributed by atoms with E-state index in [9.17, 15) is 14.7 Å². The van der Waals surface area contributed by atoms with E-state index in [1.54, 1.807) is 42.5 Å². The van der Waals surface area contributed by atoms with Gasteiger partial charge in [-0.15, -0.1) is 0 Å². The first-order chi connectivity index (χ1) is 13.1. The van der Waals surface area contributed by atoms with Crippen LogP contribution in [0.25, 0.3) is 22.1 Å². The van der Waals surface area contributed by atoms with Crippen molar-refractivity contribution in [2.24, 2.45) is 0 Å². The molecule has 0 aliphatic heterocycles. The lowest BCUT2D eigenvalue weighted by atomic mass is 10.0. The summed E-state index contributed by atoms with van der Waals surface area (Å²) in [7, 11) is 0. The van der Waals surface area contributed by atoms with Gasteiger partial charge in [0, 0.05) is 5.69 Å². The van der Waals surface area contributed by atoms with Crippen molar-refractivity contribution in [1.29, 1.82) is 0 Å². The van der Waals surface area contributed by atoms with E-state index < -0.39 is 22.8 Å². The summed E-state index contributed by atoms with van der Waals surface area (Å²) >= 11 is 0. The zero-order chi connectivity index (χ0) is 18.8. The number of para-hydroxylation sites is 1. The van der Waals surface area contributed by atoms with Crippen LogP contribution in [0.15, 0.2) is 88.1 Å². The second-order valence-electron chi connectivity index (χ2n) is 6.01. The highest BCUT2D eigenvalue weighted by Gasteiger charge is 2.21. The van der Waals surface area contributed by atoms with Crippen LogP contribution in [0.4, 0.5) is 5.69 Å². The summed E-state index contributed by atoms with van der Waals surface area (Å²) in [6.45, 7) is 0. The fourth-order valence-corrected chi connectivity index (χ4v) is 2.91. The van der Waals surface area contributed by atoms with Crippen LogP contribution in [0.2, 0.25) is 0 Å². The Bertz CT molecular complexity index is 1180. The molecular weight excluding hydrogens is 342 g/mol. The molecule has 3 aromatic carbocycles. The molecule has 0 radical (unpaired) electrons. The number of fused-ring (bicyclic) bond motifs is 1. The highest BCUT2D eigenvalue weighted by Crippen LogP contribution is 2.31. The molecule has 0 saturated heterocycles. The van der Waals surface area contributed by atoms with Crippen molar-refractivity contribution < 1.29 is 14.3 Å². The molecule has 0 bridgehead atoms. The van der Waals surface area contributed by atoms with Gasteiger partial charge in [-0.1, -0.05) is 54.6 Å². The van der Waals surface area contributed by atoms with Crippen LogP contribution in [0.3, 0.4) is 0 Å². The molecule has 27 heavy (non-hydrogen) atoms. The number of rotatable bonds is 3. The van der Waals surface area contributed by atoms with Gasteiger partial charge in [0.15, 0.2) is 5.56 Å². The van der Waals surface area contributed by atoms with Crippen LogP contribution in [0.5, 0.6) is 5.75 Å². The maximum absolute atomic E-state index is 12.5. The molecule has 1 aromatic heterocycles. The van der Waals surface area contributed by atoms with Gasteiger partial charge < -0.3 is 14.8 Å². The summed E-state index contributed by atoms with van der Waals surface area (Å²) in [5, 5.41) is 13.5. The van der Waals surface area contributed by atoms with E-state index in [0.717, 1.165) is 11.1 Å². The number of aromatic hydroxyl groups is 1. The molecule has 0 fully saturated rings. The standard InChI is InChI=1S/C22H15NO4/c24-20-17-13-15(14-7-3-1-4-8-14)11-12-18(17)27-22(26)19(20)21(25)23-16-9-5-2-6-10-16/h1-13,24H,(H,23,25). The van der Waals surface area contributed by atoms with Gasteiger partial charge in [-0.3, -0.25) is 4.79 Å². The Labute approximate surface area is 154 Å². The van der Waals surface area contributed by atoms with Crippen LogP contribution >= 0.6 is 0 Å². The van der Waals surface area contributed by atoms with Gasteiger partial charge in [-0.05, 0) is 35.4 Å². The fraction of sp³-hybridized carbons (Fsp3) is 0. The Morgan fingerprint density at radius 2 is 1.52 bits per heavy atom. The Balaban J connectivity index is 1.81. The summed E-state index contributed by atoms with van der Waals surface area (Å²) in [4.78, 5) is 24.8. The molecule has 1 amide bonds. The van der Waals surface area contributed by atoms with Gasteiger partial charge in [0.1, 0.15) is 11.3 Å². The zero-order valence-electron chi connectivity index (χ0n) is 14.2. The monoisotopic (exact) mass is 357 g/mol. The van der Waals surface area contributed by atoms with Gasteiger partial charge in [0.05, 0.1) is 5.39 Å². The van der Waals surface area contributed by atoms with E-state index in [4.69, 9.17) is 4.42 Å². The average molecular weight is 357 g/mol.